The Hall–Kier alpha value is -0.650. The Labute approximate surface area is 133 Å². The van der Waals surface area contributed by atoms with E-state index in [4.69, 9.17) is 26.8 Å². The van der Waals surface area contributed by atoms with E-state index < -0.39 is 0 Å². The number of benzene rings is 1. The van der Waals surface area contributed by atoms with Crippen molar-refractivity contribution in [3.05, 3.63) is 34.9 Å². The van der Waals surface area contributed by atoms with Gasteiger partial charge in [0.05, 0.1) is 19.3 Å². The number of halogens is 1. The molecule has 0 aliphatic carbocycles. The first-order valence-corrected chi connectivity index (χ1v) is 7.75. The SMILES string of the molecule is CCC(N)C(c1ccccc1Cl)N(CCOC)CCOC. The van der Waals surface area contributed by atoms with Crippen LogP contribution in [0.1, 0.15) is 24.9 Å². The maximum absolute atomic E-state index is 6.39. The molecule has 1 rings (SSSR count). The van der Waals surface area contributed by atoms with Crippen LogP contribution in [0.4, 0.5) is 0 Å². The minimum atomic E-state index is 0.0126. The zero-order valence-electron chi connectivity index (χ0n) is 13.2. The summed E-state index contributed by atoms with van der Waals surface area (Å²) in [6.45, 7) is 4.99. The summed E-state index contributed by atoms with van der Waals surface area (Å²) in [4.78, 5) is 2.29. The molecule has 0 aliphatic rings. The highest BCUT2D eigenvalue weighted by Crippen LogP contribution is 2.30. The van der Waals surface area contributed by atoms with Crippen LogP contribution in [0, 0.1) is 0 Å². The van der Waals surface area contributed by atoms with Crippen LogP contribution in [-0.2, 0) is 9.47 Å². The molecular formula is C16H27ClN2O2. The smallest absolute Gasteiger partial charge is 0.0589 e. The standard InChI is InChI=1S/C16H27ClN2O2/c1-4-15(18)16(13-7-5-6-8-14(13)17)19(9-11-20-2)10-12-21-3/h5-8,15-16H,4,9-12,18H2,1-3H3. The summed E-state index contributed by atoms with van der Waals surface area (Å²) in [5, 5.41) is 0.756. The van der Waals surface area contributed by atoms with Gasteiger partial charge in [-0.15, -0.1) is 0 Å². The molecule has 0 bridgehead atoms. The molecule has 1 aromatic rings. The molecule has 2 N–H and O–H groups in total. The molecule has 4 nitrogen and oxygen atoms in total. The molecule has 0 saturated carbocycles. The van der Waals surface area contributed by atoms with Crippen molar-refractivity contribution >= 4 is 11.6 Å². The molecule has 2 unspecified atom stereocenters. The van der Waals surface area contributed by atoms with E-state index in [0.717, 1.165) is 30.1 Å². The molecule has 120 valence electrons. The van der Waals surface area contributed by atoms with E-state index in [-0.39, 0.29) is 12.1 Å². The molecule has 0 aliphatic heterocycles. The number of nitrogens with zero attached hydrogens (tertiary/aromatic N) is 1. The molecule has 21 heavy (non-hydrogen) atoms. The number of ether oxygens (including phenoxy) is 2. The summed E-state index contributed by atoms with van der Waals surface area (Å²) >= 11 is 6.39. The average molecular weight is 315 g/mol. The molecule has 0 amide bonds. The Bertz CT molecular complexity index is 396. The number of methoxy groups -OCH3 is 2. The Morgan fingerprint density at radius 3 is 2.19 bits per heavy atom. The number of hydrogen-bond donors (Lipinski definition) is 1. The first-order valence-electron chi connectivity index (χ1n) is 7.37. The second kappa shape index (κ2) is 10.1. The van der Waals surface area contributed by atoms with Gasteiger partial charge in [-0.1, -0.05) is 36.7 Å². The normalized spacial score (nSPS) is 14.4. The molecule has 0 aromatic heterocycles. The van der Waals surface area contributed by atoms with Crippen molar-refractivity contribution in [3.8, 4) is 0 Å². The first-order chi connectivity index (χ1) is 10.2. The Kier molecular flexibility index (Phi) is 8.88. The van der Waals surface area contributed by atoms with Crippen molar-refractivity contribution in [2.45, 2.75) is 25.4 Å². The van der Waals surface area contributed by atoms with Gasteiger partial charge in [-0.25, -0.2) is 0 Å². The van der Waals surface area contributed by atoms with Crippen LogP contribution in [0.5, 0.6) is 0 Å². The predicted octanol–water partition coefficient (Wildman–Crippen LogP) is 2.71. The average Bonchev–Trinajstić information content (AvgIpc) is 2.51. The van der Waals surface area contributed by atoms with E-state index in [1.54, 1.807) is 14.2 Å². The van der Waals surface area contributed by atoms with Crippen molar-refractivity contribution < 1.29 is 9.47 Å². The summed E-state index contributed by atoms with van der Waals surface area (Å²) in [5.41, 5.74) is 7.45. The molecular weight excluding hydrogens is 288 g/mol. The lowest BCUT2D eigenvalue weighted by atomic mass is 9.96. The summed E-state index contributed by atoms with van der Waals surface area (Å²) < 4.78 is 10.5. The van der Waals surface area contributed by atoms with E-state index in [1.165, 1.54) is 0 Å². The highest BCUT2D eigenvalue weighted by Gasteiger charge is 2.27. The summed E-state index contributed by atoms with van der Waals surface area (Å²) in [7, 11) is 3.41. The first kappa shape index (κ1) is 18.4. The van der Waals surface area contributed by atoms with Gasteiger partial charge >= 0.3 is 0 Å². The van der Waals surface area contributed by atoms with E-state index in [1.807, 2.05) is 18.2 Å². The van der Waals surface area contributed by atoms with Crippen LogP contribution < -0.4 is 5.73 Å². The molecule has 0 radical (unpaired) electrons. The highest BCUT2D eigenvalue weighted by atomic mass is 35.5. The minimum Gasteiger partial charge on any atom is -0.383 e. The van der Waals surface area contributed by atoms with Gasteiger partial charge in [-0.3, -0.25) is 4.90 Å². The third-order valence-electron chi connectivity index (χ3n) is 3.66. The molecule has 0 spiro atoms. The Balaban J connectivity index is 3.04. The van der Waals surface area contributed by atoms with Gasteiger partial charge in [-0.05, 0) is 18.1 Å². The van der Waals surface area contributed by atoms with Crippen molar-refractivity contribution in [3.63, 3.8) is 0 Å². The van der Waals surface area contributed by atoms with E-state index in [9.17, 15) is 0 Å². The molecule has 5 heteroatoms. The summed E-state index contributed by atoms with van der Waals surface area (Å²) in [6, 6.07) is 7.98. The van der Waals surface area contributed by atoms with Gasteiger partial charge in [-0.2, -0.15) is 0 Å². The van der Waals surface area contributed by atoms with Crippen LogP contribution in [0.25, 0.3) is 0 Å². The van der Waals surface area contributed by atoms with Gasteiger partial charge < -0.3 is 15.2 Å². The van der Waals surface area contributed by atoms with Crippen molar-refractivity contribution in [1.82, 2.24) is 4.90 Å². The van der Waals surface area contributed by atoms with Gasteiger partial charge in [0.1, 0.15) is 0 Å². The van der Waals surface area contributed by atoms with Crippen LogP contribution >= 0.6 is 11.6 Å². The maximum Gasteiger partial charge on any atom is 0.0589 e. The van der Waals surface area contributed by atoms with Gasteiger partial charge in [0.2, 0.25) is 0 Å². The van der Waals surface area contributed by atoms with E-state index in [2.05, 4.69) is 17.9 Å². The third kappa shape index (κ3) is 5.57. The lowest BCUT2D eigenvalue weighted by Crippen LogP contribution is -2.43. The monoisotopic (exact) mass is 314 g/mol. The zero-order chi connectivity index (χ0) is 15.7. The molecule has 1 aromatic carbocycles. The molecule has 0 heterocycles. The zero-order valence-corrected chi connectivity index (χ0v) is 14.0. The fourth-order valence-electron chi connectivity index (χ4n) is 2.44. The second-order valence-corrected chi connectivity index (χ2v) is 5.47. The lowest BCUT2D eigenvalue weighted by Gasteiger charge is -2.36. The number of nitrogens with two attached hydrogens (primary N) is 1. The van der Waals surface area contributed by atoms with E-state index >= 15 is 0 Å². The summed E-state index contributed by atoms with van der Waals surface area (Å²) in [5.74, 6) is 0. The maximum atomic E-state index is 6.39. The van der Waals surface area contributed by atoms with Crippen LogP contribution in [0.3, 0.4) is 0 Å². The molecule has 2 atom stereocenters. The van der Waals surface area contributed by atoms with Crippen molar-refractivity contribution in [2.24, 2.45) is 5.73 Å². The van der Waals surface area contributed by atoms with Crippen LogP contribution in [0.2, 0.25) is 5.02 Å². The molecule has 0 fully saturated rings. The quantitative estimate of drug-likeness (QED) is 0.721. The second-order valence-electron chi connectivity index (χ2n) is 5.06. The van der Waals surface area contributed by atoms with Gasteiger partial charge in [0.15, 0.2) is 0 Å². The van der Waals surface area contributed by atoms with E-state index in [0.29, 0.717) is 13.2 Å². The number of hydrogen-bond acceptors (Lipinski definition) is 4. The van der Waals surface area contributed by atoms with Gasteiger partial charge in [0.25, 0.3) is 0 Å². The summed E-state index contributed by atoms with van der Waals surface area (Å²) in [6.07, 6.45) is 0.881. The third-order valence-corrected chi connectivity index (χ3v) is 4.00. The highest BCUT2D eigenvalue weighted by molar-refractivity contribution is 6.31. The fourth-order valence-corrected chi connectivity index (χ4v) is 2.69. The minimum absolute atomic E-state index is 0.0126. The van der Waals surface area contributed by atoms with Gasteiger partial charge in [0, 0.05) is 38.4 Å². The van der Waals surface area contributed by atoms with Crippen LogP contribution in [0.15, 0.2) is 24.3 Å². The van der Waals surface area contributed by atoms with Crippen molar-refractivity contribution in [1.29, 1.82) is 0 Å². The topological polar surface area (TPSA) is 47.7 Å². The van der Waals surface area contributed by atoms with Crippen molar-refractivity contribution in [2.75, 3.05) is 40.5 Å². The lowest BCUT2D eigenvalue weighted by molar-refractivity contribution is 0.0776. The fraction of sp³-hybridized carbons (Fsp3) is 0.625. The predicted molar refractivity (Wildman–Crippen MR) is 87.8 cm³/mol. The Morgan fingerprint density at radius 1 is 1.14 bits per heavy atom. The Morgan fingerprint density at radius 2 is 1.71 bits per heavy atom. The van der Waals surface area contributed by atoms with Crippen LogP contribution in [-0.4, -0.2) is 51.5 Å². The largest absolute Gasteiger partial charge is 0.383 e. The number of rotatable bonds is 10. The molecule has 0 saturated heterocycles.